The van der Waals surface area contributed by atoms with Crippen molar-refractivity contribution in [3.05, 3.63) is 0 Å². The summed E-state index contributed by atoms with van der Waals surface area (Å²) in [6.45, 7) is 9.29. The third kappa shape index (κ3) is 6.06. The molecule has 0 saturated carbocycles. The Morgan fingerprint density at radius 3 is 2.12 bits per heavy atom. The van der Waals surface area contributed by atoms with Gasteiger partial charge in [0.05, 0.1) is 0 Å². The van der Waals surface area contributed by atoms with Crippen LogP contribution in [0.5, 0.6) is 0 Å². The molecule has 0 rings (SSSR count). The van der Waals surface area contributed by atoms with Gasteiger partial charge in [0.25, 0.3) is 0 Å². The highest BCUT2D eigenvalue weighted by molar-refractivity contribution is 5.78. The Morgan fingerprint density at radius 2 is 1.76 bits per heavy atom. The quantitative estimate of drug-likeness (QED) is 0.578. The van der Waals surface area contributed by atoms with Gasteiger partial charge in [0.2, 0.25) is 0 Å². The highest BCUT2D eigenvalue weighted by Crippen LogP contribution is 2.20. The summed E-state index contributed by atoms with van der Waals surface area (Å²) >= 11 is 0. The average Bonchev–Trinajstić information content (AvgIpc) is 2.24. The van der Waals surface area contributed by atoms with E-state index >= 15 is 0 Å². The standard InChI is InChI=1S/C14H29NO2/c1-5-9-14(10-6-2,13(16)17)15-11-7-8-12(3)4/h12,15H,5-11H2,1-4H3,(H,16,17). The van der Waals surface area contributed by atoms with E-state index in [2.05, 4.69) is 19.2 Å². The molecule has 0 amide bonds. The van der Waals surface area contributed by atoms with E-state index in [1.165, 1.54) is 0 Å². The molecule has 0 bridgehead atoms. The molecule has 0 atom stereocenters. The van der Waals surface area contributed by atoms with Crippen LogP contribution in [0.1, 0.15) is 66.2 Å². The van der Waals surface area contributed by atoms with Gasteiger partial charge in [0.15, 0.2) is 0 Å². The molecule has 0 aromatic rings. The Balaban J connectivity index is 4.30. The van der Waals surface area contributed by atoms with Crippen molar-refractivity contribution in [2.24, 2.45) is 5.92 Å². The van der Waals surface area contributed by atoms with Gasteiger partial charge in [0, 0.05) is 0 Å². The summed E-state index contributed by atoms with van der Waals surface area (Å²) in [6, 6.07) is 0. The van der Waals surface area contributed by atoms with Crippen LogP contribution >= 0.6 is 0 Å². The van der Waals surface area contributed by atoms with Crippen LogP contribution in [0, 0.1) is 5.92 Å². The van der Waals surface area contributed by atoms with E-state index in [0.29, 0.717) is 5.92 Å². The summed E-state index contributed by atoms with van der Waals surface area (Å²) in [5.74, 6) is -0.000810. The minimum absolute atomic E-state index is 0.688. The normalized spacial score (nSPS) is 12.1. The van der Waals surface area contributed by atoms with Crippen molar-refractivity contribution in [1.29, 1.82) is 0 Å². The van der Waals surface area contributed by atoms with Crippen molar-refractivity contribution in [1.82, 2.24) is 5.32 Å². The van der Waals surface area contributed by atoms with Crippen molar-refractivity contribution < 1.29 is 9.90 Å². The topological polar surface area (TPSA) is 49.3 Å². The van der Waals surface area contributed by atoms with Gasteiger partial charge < -0.3 is 10.4 Å². The monoisotopic (exact) mass is 243 g/mol. The van der Waals surface area contributed by atoms with Gasteiger partial charge >= 0.3 is 5.97 Å². The zero-order valence-electron chi connectivity index (χ0n) is 11.9. The van der Waals surface area contributed by atoms with Crippen LogP contribution in [0.3, 0.4) is 0 Å². The molecular weight excluding hydrogens is 214 g/mol. The summed E-state index contributed by atoms with van der Waals surface area (Å²) in [7, 11) is 0. The molecule has 0 aromatic heterocycles. The molecule has 17 heavy (non-hydrogen) atoms. The predicted molar refractivity (Wildman–Crippen MR) is 72.3 cm³/mol. The molecule has 0 aromatic carbocycles. The van der Waals surface area contributed by atoms with Crippen LogP contribution in [-0.4, -0.2) is 23.2 Å². The van der Waals surface area contributed by atoms with Crippen LogP contribution in [0.2, 0.25) is 0 Å². The highest BCUT2D eigenvalue weighted by Gasteiger charge is 2.35. The van der Waals surface area contributed by atoms with Crippen molar-refractivity contribution in [2.75, 3.05) is 6.54 Å². The lowest BCUT2D eigenvalue weighted by Gasteiger charge is -2.30. The first-order chi connectivity index (χ1) is 7.98. The fourth-order valence-corrected chi connectivity index (χ4v) is 2.28. The lowest BCUT2D eigenvalue weighted by Crippen LogP contribution is -2.52. The summed E-state index contributed by atoms with van der Waals surface area (Å²) in [5.41, 5.74) is -0.694. The smallest absolute Gasteiger partial charge is 0.323 e. The average molecular weight is 243 g/mol. The van der Waals surface area contributed by atoms with Gasteiger partial charge in [-0.15, -0.1) is 0 Å². The predicted octanol–water partition coefficient (Wildman–Crippen LogP) is 3.44. The molecule has 0 spiro atoms. The molecule has 102 valence electrons. The molecule has 0 saturated heterocycles. The fraction of sp³-hybridized carbons (Fsp3) is 0.929. The fourth-order valence-electron chi connectivity index (χ4n) is 2.28. The van der Waals surface area contributed by atoms with E-state index < -0.39 is 11.5 Å². The summed E-state index contributed by atoms with van der Waals surface area (Å²) in [6.07, 6.45) is 5.46. The van der Waals surface area contributed by atoms with E-state index in [-0.39, 0.29) is 0 Å². The number of nitrogens with one attached hydrogen (secondary N) is 1. The Hall–Kier alpha value is -0.570. The Morgan fingerprint density at radius 1 is 1.24 bits per heavy atom. The second-order valence-electron chi connectivity index (χ2n) is 5.35. The summed E-state index contributed by atoms with van der Waals surface area (Å²) in [5, 5.41) is 12.7. The van der Waals surface area contributed by atoms with Crippen molar-refractivity contribution >= 4 is 5.97 Å². The number of carboxylic acid groups (broad SMARTS) is 1. The Labute approximate surface area is 106 Å². The number of rotatable bonds is 10. The van der Waals surface area contributed by atoms with Crippen LogP contribution in [0.15, 0.2) is 0 Å². The third-order valence-corrected chi connectivity index (χ3v) is 3.18. The molecule has 0 heterocycles. The van der Waals surface area contributed by atoms with Crippen LogP contribution in [0.25, 0.3) is 0 Å². The van der Waals surface area contributed by atoms with Crippen molar-refractivity contribution in [3.8, 4) is 0 Å². The summed E-state index contributed by atoms with van der Waals surface area (Å²) < 4.78 is 0. The molecule has 0 unspecified atom stereocenters. The van der Waals surface area contributed by atoms with E-state index in [0.717, 1.165) is 45.1 Å². The van der Waals surface area contributed by atoms with Crippen LogP contribution in [0.4, 0.5) is 0 Å². The molecule has 0 aliphatic heterocycles. The maximum absolute atomic E-state index is 11.5. The molecule has 0 radical (unpaired) electrons. The zero-order valence-corrected chi connectivity index (χ0v) is 11.9. The maximum atomic E-state index is 11.5. The van der Waals surface area contributed by atoms with E-state index in [1.807, 2.05) is 13.8 Å². The lowest BCUT2D eigenvalue weighted by molar-refractivity contribution is -0.145. The van der Waals surface area contributed by atoms with Gasteiger partial charge in [-0.1, -0.05) is 40.5 Å². The lowest BCUT2D eigenvalue weighted by atomic mass is 9.88. The molecule has 0 aliphatic carbocycles. The zero-order chi connectivity index (χ0) is 13.3. The third-order valence-electron chi connectivity index (χ3n) is 3.18. The van der Waals surface area contributed by atoms with E-state index in [4.69, 9.17) is 0 Å². The number of hydrogen-bond donors (Lipinski definition) is 2. The molecule has 0 aliphatic rings. The minimum Gasteiger partial charge on any atom is -0.480 e. The largest absolute Gasteiger partial charge is 0.480 e. The Bertz CT molecular complexity index is 208. The number of carbonyl (C=O) groups is 1. The van der Waals surface area contributed by atoms with Gasteiger partial charge in [0.1, 0.15) is 5.54 Å². The van der Waals surface area contributed by atoms with Crippen molar-refractivity contribution in [2.45, 2.75) is 71.8 Å². The number of hydrogen-bond acceptors (Lipinski definition) is 2. The maximum Gasteiger partial charge on any atom is 0.323 e. The molecule has 3 heteroatoms. The SMILES string of the molecule is CCCC(CCC)(NCCCC(C)C)C(=O)O. The van der Waals surface area contributed by atoms with E-state index in [1.54, 1.807) is 0 Å². The van der Waals surface area contributed by atoms with Crippen molar-refractivity contribution in [3.63, 3.8) is 0 Å². The Kier molecular flexibility index (Phi) is 8.23. The first-order valence-electron chi connectivity index (χ1n) is 6.97. The molecule has 0 fully saturated rings. The molecule has 3 nitrogen and oxygen atoms in total. The summed E-state index contributed by atoms with van der Waals surface area (Å²) in [4.78, 5) is 11.5. The number of aliphatic carboxylic acids is 1. The molecular formula is C14H29NO2. The minimum atomic E-state index is -0.694. The van der Waals surface area contributed by atoms with E-state index in [9.17, 15) is 9.90 Å². The van der Waals surface area contributed by atoms with Gasteiger partial charge in [-0.3, -0.25) is 4.79 Å². The second kappa shape index (κ2) is 8.51. The van der Waals surface area contributed by atoms with Gasteiger partial charge in [-0.2, -0.15) is 0 Å². The first-order valence-corrected chi connectivity index (χ1v) is 6.97. The van der Waals surface area contributed by atoms with Crippen LogP contribution in [-0.2, 0) is 4.79 Å². The highest BCUT2D eigenvalue weighted by atomic mass is 16.4. The first kappa shape index (κ1) is 16.4. The molecule has 2 N–H and O–H groups in total. The van der Waals surface area contributed by atoms with Gasteiger partial charge in [-0.25, -0.2) is 0 Å². The number of carboxylic acids is 1. The van der Waals surface area contributed by atoms with Crippen LogP contribution < -0.4 is 5.32 Å². The van der Waals surface area contributed by atoms with Gasteiger partial charge in [-0.05, 0) is 38.1 Å². The second-order valence-corrected chi connectivity index (χ2v) is 5.35.